The smallest absolute Gasteiger partial charge is 0.322 e. The monoisotopic (exact) mass is 361 g/mol. The summed E-state index contributed by atoms with van der Waals surface area (Å²) in [6.07, 6.45) is 0.938. The summed E-state index contributed by atoms with van der Waals surface area (Å²) in [5, 5.41) is 9.16. The summed E-state index contributed by atoms with van der Waals surface area (Å²) in [6, 6.07) is 2.50. The second-order valence-corrected chi connectivity index (χ2v) is 7.72. The lowest BCUT2D eigenvalue weighted by molar-refractivity contribution is -0.140. The Labute approximate surface area is 126 Å². The number of nitrogens with zero attached hydrogens (tertiary/aromatic N) is 1. The molecule has 0 bridgehead atoms. The van der Waals surface area contributed by atoms with E-state index in [1.54, 1.807) is 26.0 Å². The molecule has 7 heteroatoms. The SMILES string of the molecule is Cc1cc(Br)cc(C)c1S(=O)(=O)N1CCC[C@H]1C(=O)O. The van der Waals surface area contributed by atoms with Crippen LogP contribution in [0.2, 0.25) is 0 Å². The molecule has 2 rings (SSSR count). The van der Waals surface area contributed by atoms with Crippen molar-refractivity contribution in [3.63, 3.8) is 0 Å². The highest BCUT2D eigenvalue weighted by Crippen LogP contribution is 2.31. The molecule has 1 aromatic carbocycles. The summed E-state index contributed by atoms with van der Waals surface area (Å²) in [6.45, 7) is 3.70. The Bertz CT molecular complexity index is 633. The summed E-state index contributed by atoms with van der Waals surface area (Å²) in [7, 11) is -3.78. The fourth-order valence-corrected chi connectivity index (χ4v) is 5.45. The highest BCUT2D eigenvalue weighted by molar-refractivity contribution is 9.10. The van der Waals surface area contributed by atoms with Crippen molar-refractivity contribution < 1.29 is 18.3 Å². The van der Waals surface area contributed by atoms with Gasteiger partial charge in [-0.2, -0.15) is 4.31 Å². The Kier molecular flexibility index (Phi) is 4.22. The molecule has 0 amide bonds. The first-order valence-corrected chi connectivity index (χ1v) is 8.50. The lowest BCUT2D eigenvalue weighted by atomic mass is 10.2. The van der Waals surface area contributed by atoms with Crippen molar-refractivity contribution in [3.8, 4) is 0 Å². The van der Waals surface area contributed by atoms with E-state index in [9.17, 15) is 13.2 Å². The van der Waals surface area contributed by atoms with Gasteiger partial charge in [0, 0.05) is 11.0 Å². The van der Waals surface area contributed by atoms with E-state index in [0.717, 1.165) is 8.78 Å². The molecule has 0 radical (unpaired) electrons. The van der Waals surface area contributed by atoms with Crippen LogP contribution in [0, 0.1) is 13.8 Å². The average Bonchev–Trinajstić information content (AvgIpc) is 2.75. The van der Waals surface area contributed by atoms with Gasteiger partial charge in [-0.25, -0.2) is 8.42 Å². The Morgan fingerprint density at radius 1 is 1.35 bits per heavy atom. The molecule has 1 fully saturated rings. The predicted molar refractivity (Wildman–Crippen MR) is 78.2 cm³/mol. The molecular formula is C13H16BrNO4S. The predicted octanol–water partition coefficient (Wildman–Crippen LogP) is 2.30. The van der Waals surface area contributed by atoms with E-state index in [1.807, 2.05) is 0 Å². The van der Waals surface area contributed by atoms with Gasteiger partial charge < -0.3 is 5.11 Å². The molecule has 20 heavy (non-hydrogen) atoms. The van der Waals surface area contributed by atoms with Crippen LogP contribution in [0.1, 0.15) is 24.0 Å². The molecule has 0 unspecified atom stereocenters. The topological polar surface area (TPSA) is 74.7 Å². The zero-order valence-electron chi connectivity index (χ0n) is 11.3. The number of hydrogen-bond donors (Lipinski definition) is 1. The quantitative estimate of drug-likeness (QED) is 0.896. The van der Waals surface area contributed by atoms with Crippen molar-refractivity contribution >= 4 is 31.9 Å². The van der Waals surface area contributed by atoms with Crippen molar-refractivity contribution in [2.24, 2.45) is 0 Å². The Hall–Kier alpha value is -0.920. The third kappa shape index (κ3) is 2.62. The number of carboxylic acids is 1. The summed E-state index contributed by atoms with van der Waals surface area (Å²) in [5.74, 6) is -1.08. The molecule has 1 aromatic rings. The van der Waals surface area contributed by atoms with E-state index in [4.69, 9.17) is 5.11 Å². The third-order valence-corrected chi connectivity index (χ3v) is 6.15. The third-order valence-electron chi connectivity index (χ3n) is 3.48. The van der Waals surface area contributed by atoms with E-state index < -0.39 is 22.0 Å². The number of carboxylic acid groups (broad SMARTS) is 1. The van der Waals surface area contributed by atoms with Crippen molar-refractivity contribution in [3.05, 3.63) is 27.7 Å². The van der Waals surface area contributed by atoms with Gasteiger partial charge in [-0.15, -0.1) is 0 Å². The molecule has 1 aliphatic rings. The Balaban J connectivity index is 2.54. The molecule has 1 N–H and O–H groups in total. The van der Waals surface area contributed by atoms with E-state index in [0.29, 0.717) is 24.0 Å². The second-order valence-electron chi connectivity index (χ2n) is 4.98. The first-order chi connectivity index (χ1) is 9.25. The summed E-state index contributed by atoms with van der Waals surface area (Å²) in [4.78, 5) is 11.4. The summed E-state index contributed by atoms with van der Waals surface area (Å²) < 4.78 is 27.4. The minimum atomic E-state index is -3.78. The molecule has 0 aromatic heterocycles. The second kappa shape index (κ2) is 5.46. The molecule has 1 heterocycles. The van der Waals surface area contributed by atoms with Crippen LogP contribution in [-0.4, -0.2) is 36.4 Å². The van der Waals surface area contributed by atoms with E-state index in [2.05, 4.69) is 15.9 Å². The number of sulfonamides is 1. The van der Waals surface area contributed by atoms with Gasteiger partial charge >= 0.3 is 5.97 Å². The number of hydrogen-bond acceptors (Lipinski definition) is 3. The lowest BCUT2D eigenvalue weighted by Gasteiger charge is -2.23. The zero-order valence-corrected chi connectivity index (χ0v) is 13.7. The van der Waals surface area contributed by atoms with Crippen LogP contribution in [-0.2, 0) is 14.8 Å². The van der Waals surface area contributed by atoms with Gasteiger partial charge in [-0.3, -0.25) is 4.79 Å². The summed E-state index contributed by atoms with van der Waals surface area (Å²) in [5.41, 5.74) is 1.24. The molecular weight excluding hydrogens is 346 g/mol. The van der Waals surface area contributed by atoms with Gasteiger partial charge in [0.2, 0.25) is 10.0 Å². The largest absolute Gasteiger partial charge is 0.480 e. The Morgan fingerprint density at radius 3 is 2.40 bits per heavy atom. The number of benzene rings is 1. The van der Waals surface area contributed by atoms with Gasteiger partial charge in [0.1, 0.15) is 6.04 Å². The number of halogens is 1. The van der Waals surface area contributed by atoms with Gasteiger partial charge in [-0.05, 0) is 49.9 Å². The lowest BCUT2D eigenvalue weighted by Crippen LogP contribution is -2.40. The van der Waals surface area contributed by atoms with Crippen LogP contribution in [0.3, 0.4) is 0 Å². The highest BCUT2D eigenvalue weighted by Gasteiger charge is 2.40. The minimum Gasteiger partial charge on any atom is -0.480 e. The van der Waals surface area contributed by atoms with Gasteiger partial charge in [-0.1, -0.05) is 15.9 Å². The number of carbonyl (C=O) groups is 1. The van der Waals surface area contributed by atoms with Crippen molar-refractivity contribution in [1.82, 2.24) is 4.31 Å². The molecule has 1 atom stereocenters. The van der Waals surface area contributed by atoms with Crippen LogP contribution in [0.5, 0.6) is 0 Å². The number of aliphatic carboxylic acids is 1. The average molecular weight is 362 g/mol. The van der Waals surface area contributed by atoms with Gasteiger partial charge in [0.25, 0.3) is 0 Å². The minimum absolute atomic E-state index is 0.217. The molecule has 0 spiro atoms. The first kappa shape index (κ1) is 15.5. The van der Waals surface area contributed by atoms with Crippen molar-refractivity contribution in [1.29, 1.82) is 0 Å². The van der Waals surface area contributed by atoms with Crippen LogP contribution < -0.4 is 0 Å². The molecule has 5 nitrogen and oxygen atoms in total. The molecule has 0 saturated carbocycles. The molecule has 1 saturated heterocycles. The zero-order chi connectivity index (χ0) is 15.1. The molecule has 0 aliphatic carbocycles. The van der Waals surface area contributed by atoms with E-state index >= 15 is 0 Å². The highest BCUT2D eigenvalue weighted by atomic mass is 79.9. The van der Waals surface area contributed by atoms with E-state index in [1.165, 1.54) is 0 Å². The van der Waals surface area contributed by atoms with E-state index in [-0.39, 0.29) is 11.4 Å². The maximum Gasteiger partial charge on any atom is 0.322 e. The standard InChI is InChI=1S/C13H16BrNO4S/c1-8-6-10(14)7-9(2)12(8)20(18,19)15-5-3-4-11(15)13(16)17/h6-7,11H,3-5H2,1-2H3,(H,16,17)/t11-/m0/s1. The fourth-order valence-electron chi connectivity index (χ4n) is 2.70. The van der Waals surface area contributed by atoms with Crippen LogP contribution in [0.4, 0.5) is 0 Å². The Morgan fingerprint density at radius 2 is 1.90 bits per heavy atom. The summed E-state index contributed by atoms with van der Waals surface area (Å²) >= 11 is 3.33. The maximum absolute atomic E-state index is 12.7. The number of rotatable bonds is 3. The van der Waals surface area contributed by atoms with Crippen LogP contribution in [0.15, 0.2) is 21.5 Å². The van der Waals surface area contributed by atoms with Gasteiger partial charge in [0.05, 0.1) is 4.90 Å². The molecule has 1 aliphatic heterocycles. The fraction of sp³-hybridized carbons (Fsp3) is 0.462. The van der Waals surface area contributed by atoms with Gasteiger partial charge in [0.15, 0.2) is 0 Å². The van der Waals surface area contributed by atoms with Crippen LogP contribution >= 0.6 is 15.9 Å². The number of aryl methyl sites for hydroxylation is 2. The van der Waals surface area contributed by atoms with Crippen LogP contribution in [0.25, 0.3) is 0 Å². The molecule has 110 valence electrons. The van der Waals surface area contributed by atoms with Crippen molar-refractivity contribution in [2.75, 3.05) is 6.54 Å². The van der Waals surface area contributed by atoms with Crippen molar-refractivity contribution in [2.45, 2.75) is 37.6 Å². The normalized spacial score (nSPS) is 20.2. The maximum atomic E-state index is 12.7. The first-order valence-electron chi connectivity index (χ1n) is 6.26.